The predicted molar refractivity (Wildman–Crippen MR) is 196 cm³/mol. The van der Waals surface area contributed by atoms with Crippen LogP contribution in [0.1, 0.15) is 20.8 Å². The van der Waals surface area contributed by atoms with Gasteiger partial charge in [0.25, 0.3) is 11.8 Å². The van der Waals surface area contributed by atoms with E-state index in [-0.39, 0.29) is 11.8 Å². The van der Waals surface area contributed by atoms with E-state index in [0.717, 1.165) is 28.3 Å². The molecule has 3 aromatic heterocycles. The van der Waals surface area contributed by atoms with Gasteiger partial charge in [0.1, 0.15) is 17.3 Å². The smallest absolute Gasteiger partial charge is 0.272 e. The van der Waals surface area contributed by atoms with E-state index in [4.69, 9.17) is 29.0 Å². The van der Waals surface area contributed by atoms with Crippen molar-refractivity contribution in [2.45, 2.75) is 0 Å². The van der Waals surface area contributed by atoms with Crippen LogP contribution in [-0.4, -0.2) is 95.8 Å². The number of anilines is 2. The van der Waals surface area contributed by atoms with Gasteiger partial charge in [0.15, 0.2) is 17.1 Å². The van der Waals surface area contributed by atoms with E-state index >= 15 is 0 Å². The Morgan fingerprint density at radius 1 is 0.692 bits per heavy atom. The summed E-state index contributed by atoms with van der Waals surface area (Å²) in [5, 5.41) is 8.09. The zero-order valence-corrected chi connectivity index (χ0v) is 29.2. The molecule has 3 aromatic carbocycles. The number of nitrogens with zero attached hydrogens (tertiary/aromatic N) is 6. The van der Waals surface area contributed by atoms with Crippen molar-refractivity contribution in [3.63, 3.8) is 0 Å². The molecule has 13 nitrogen and oxygen atoms in total. The van der Waals surface area contributed by atoms with Gasteiger partial charge < -0.3 is 34.1 Å². The number of methoxy groups -OCH3 is 4. The molecule has 1 aliphatic heterocycles. The predicted octanol–water partition coefficient (Wildman–Crippen LogP) is 5.83. The lowest BCUT2D eigenvalue weighted by atomic mass is 10.1. The highest BCUT2D eigenvalue weighted by Gasteiger charge is 2.29. The average molecular weight is 700 g/mol. The Morgan fingerprint density at radius 3 is 2.00 bits per heavy atom. The summed E-state index contributed by atoms with van der Waals surface area (Å²) in [6, 6.07) is 28.0. The van der Waals surface area contributed by atoms with E-state index < -0.39 is 0 Å². The maximum absolute atomic E-state index is 14.0. The third-order valence-electron chi connectivity index (χ3n) is 8.92. The van der Waals surface area contributed by atoms with Gasteiger partial charge in [0, 0.05) is 67.4 Å². The lowest BCUT2D eigenvalue weighted by Gasteiger charge is -2.35. The van der Waals surface area contributed by atoms with Crippen molar-refractivity contribution in [1.82, 2.24) is 29.4 Å². The number of nitrogens with one attached hydrogen (secondary N) is 1. The van der Waals surface area contributed by atoms with E-state index in [1.807, 2.05) is 60.7 Å². The molecule has 1 aliphatic rings. The number of carbonyl (C=O) groups is 2. The molecule has 1 N–H and O–H groups in total. The van der Waals surface area contributed by atoms with Crippen LogP contribution in [0.15, 0.2) is 97.2 Å². The summed E-state index contributed by atoms with van der Waals surface area (Å²) >= 11 is 0. The minimum Gasteiger partial charge on any atom is -0.497 e. The van der Waals surface area contributed by atoms with E-state index in [2.05, 4.69) is 10.3 Å². The molecular formula is C39H37N7O6. The first-order valence-corrected chi connectivity index (χ1v) is 16.6. The number of carbonyl (C=O) groups excluding carboxylic acids is 2. The zero-order valence-electron chi connectivity index (χ0n) is 29.2. The lowest BCUT2D eigenvalue weighted by Crippen LogP contribution is -2.50. The van der Waals surface area contributed by atoms with Gasteiger partial charge in [-0.1, -0.05) is 30.3 Å². The third-order valence-corrected chi connectivity index (χ3v) is 8.92. The molecule has 0 radical (unpaired) electrons. The molecule has 0 aliphatic carbocycles. The maximum Gasteiger partial charge on any atom is 0.272 e. The van der Waals surface area contributed by atoms with Crippen molar-refractivity contribution in [3.05, 3.63) is 108 Å². The molecule has 0 saturated carbocycles. The number of hydrogen-bond donors (Lipinski definition) is 1. The molecule has 4 heterocycles. The molecule has 0 spiro atoms. The summed E-state index contributed by atoms with van der Waals surface area (Å²) in [5.41, 5.74) is 5.09. The van der Waals surface area contributed by atoms with Gasteiger partial charge in [0.2, 0.25) is 5.75 Å². The van der Waals surface area contributed by atoms with Crippen LogP contribution in [0.3, 0.4) is 0 Å². The van der Waals surface area contributed by atoms with Gasteiger partial charge in [-0.3, -0.25) is 9.59 Å². The first-order valence-electron chi connectivity index (χ1n) is 16.6. The fourth-order valence-corrected chi connectivity index (χ4v) is 6.21. The van der Waals surface area contributed by atoms with Gasteiger partial charge in [-0.05, 0) is 42.5 Å². The number of hydrogen-bond acceptors (Lipinski definition) is 10. The molecule has 6 aromatic rings. The largest absolute Gasteiger partial charge is 0.497 e. The molecule has 0 bridgehead atoms. The topological polar surface area (TPSA) is 133 Å². The SMILES string of the molecule is COc1ccc(-c2cc(C(=O)N3CCN(C(=O)c4cccnc4Nc4cc(OC)c(OC)c(OC)c4)CC3)nc3cc(-c4ccccc4)nn23)cc1. The molecule has 2 amide bonds. The highest BCUT2D eigenvalue weighted by atomic mass is 16.5. The highest BCUT2D eigenvalue weighted by molar-refractivity contribution is 6.00. The Balaban J connectivity index is 1.11. The van der Waals surface area contributed by atoms with Gasteiger partial charge in [-0.25, -0.2) is 14.5 Å². The number of rotatable bonds is 10. The Kier molecular flexibility index (Phi) is 9.56. The normalized spacial score (nSPS) is 12.8. The van der Waals surface area contributed by atoms with Gasteiger partial charge in [-0.15, -0.1) is 0 Å². The van der Waals surface area contributed by atoms with E-state index in [0.29, 0.717) is 71.8 Å². The Bertz CT molecular complexity index is 2210. The Labute approximate surface area is 300 Å². The molecular weight excluding hydrogens is 662 g/mol. The summed E-state index contributed by atoms with van der Waals surface area (Å²) < 4.78 is 23.5. The van der Waals surface area contributed by atoms with Crippen LogP contribution in [0.25, 0.3) is 28.2 Å². The summed E-state index contributed by atoms with van der Waals surface area (Å²) in [6.45, 7) is 1.34. The maximum atomic E-state index is 14.0. The van der Waals surface area contributed by atoms with Crippen molar-refractivity contribution in [2.24, 2.45) is 0 Å². The second kappa shape index (κ2) is 14.7. The number of benzene rings is 3. The van der Waals surface area contributed by atoms with Crippen LogP contribution in [0, 0.1) is 0 Å². The minimum absolute atomic E-state index is 0.204. The van der Waals surface area contributed by atoms with Crippen molar-refractivity contribution in [3.8, 4) is 45.5 Å². The molecule has 13 heteroatoms. The van der Waals surface area contributed by atoms with Gasteiger partial charge in [0.05, 0.1) is 45.4 Å². The molecule has 52 heavy (non-hydrogen) atoms. The van der Waals surface area contributed by atoms with Crippen LogP contribution < -0.4 is 24.3 Å². The second-order valence-electron chi connectivity index (χ2n) is 11.9. The average Bonchev–Trinajstić information content (AvgIpc) is 3.65. The van der Waals surface area contributed by atoms with Crippen LogP contribution >= 0.6 is 0 Å². The standard InChI is InChI=1S/C39H37N7O6/c1-49-28-14-12-26(13-15-28)32-23-31(42-35-24-30(43-46(32)35)25-9-6-5-7-10-25)39(48)45-19-17-44(18-20-45)38(47)29-11-8-16-40-37(29)41-27-21-33(50-2)36(52-4)34(22-27)51-3/h5-16,21-24H,17-20H2,1-4H3,(H,40,41). The minimum atomic E-state index is -0.224. The number of piperazine rings is 1. The quantitative estimate of drug-likeness (QED) is 0.186. The number of amides is 2. The van der Waals surface area contributed by atoms with E-state index in [1.54, 1.807) is 58.0 Å². The number of fused-ring (bicyclic) bond motifs is 1. The number of ether oxygens (including phenoxy) is 4. The summed E-state index contributed by atoms with van der Waals surface area (Å²) in [7, 11) is 6.23. The van der Waals surface area contributed by atoms with Gasteiger partial charge >= 0.3 is 0 Å². The Morgan fingerprint density at radius 2 is 1.37 bits per heavy atom. The summed E-state index contributed by atoms with van der Waals surface area (Å²) in [6.07, 6.45) is 1.61. The number of aromatic nitrogens is 4. The van der Waals surface area contributed by atoms with Gasteiger partial charge in [-0.2, -0.15) is 5.10 Å². The fraction of sp³-hybridized carbons (Fsp3) is 0.205. The molecule has 264 valence electrons. The van der Waals surface area contributed by atoms with Crippen molar-refractivity contribution in [1.29, 1.82) is 0 Å². The van der Waals surface area contributed by atoms with E-state index in [9.17, 15) is 9.59 Å². The van der Waals surface area contributed by atoms with Crippen molar-refractivity contribution < 1.29 is 28.5 Å². The van der Waals surface area contributed by atoms with Crippen LogP contribution in [0.4, 0.5) is 11.5 Å². The first kappa shape index (κ1) is 33.8. The second-order valence-corrected chi connectivity index (χ2v) is 11.9. The van der Waals surface area contributed by atoms with E-state index in [1.165, 1.54) is 21.3 Å². The summed E-state index contributed by atoms with van der Waals surface area (Å²) in [5.74, 6) is 2.04. The van der Waals surface area contributed by atoms with Crippen LogP contribution in [0.5, 0.6) is 23.0 Å². The lowest BCUT2D eigenvalue weighted by molar-refractivity contribution is 0.0533. The zero-order chi connectivity index (χ0) is 36.2. The fourth-order valence-electron chi connectivity index (χ4n) is 6.21. The molecule has 1 fully saturated rings. The molecule has 0 unspecified atom stereocenters. The summed E-state index contributed by atoms with van der Waals surface area (Å²) in [4.78, 5) is 40.6. The molecule has 1 saturated heterocycles. The van der Waals surface area contributed by atoms with Crippen LogP contribution in [-0.2, 0) is 0 Å². The monoisotopic (exact) mass is 699 g/mol. The van der Waals surface area contributed by atoms with Crippen molar-refractivity contribution >= 4 is 29.0 Å². The number of pyridine rings is 1. The highest BCUT2D eigenvalue weighted by Crippen LogP contribution is 2.41. The first-order chi connectivity index (χ1) is 25.4. The third kappa shape index (κ3) is 6.63. The molecule has 0 atom stereocenters. The van der Waals surface area contributed by atoms with Crippen LogP contribution in [0.2, 0.25) is 0 Å². The molecule has 7 rings (SSSR count). The Hall–Kier alpha value is -6.63. The van der Waals surface area contributed by atoms with Crippen molar-refractivity contribution in [2.75, 3.05) is 59.9 Å².